The zero-order valence-corrected chi connectivity index (χ0v) is 10.2. The van der Waals surface area contributed by atoms with Crippen LogP contribution in [-0.4, -0.2) is 36.6 Å². The Morgan fingerprint density at radius 1 is 1.44 bits per heavy atom. The number of nitrogens with zero attached hydrogens (tertiary/aromatic N) is 2. The topological polar surface area (TPSA) is 28.2 Å². The molecule has 0 fully saturated rings. The van der Waals surface area contributed by atoms with Crippen LogP contribution in [0.5, 0.6) is 0 Å². The van der Waals surface area contributed by atoms with Gasteiger partial charge in [-0.3, -0.25) is 9.88 Å². The predicted molar refractivity (Wildman–Crippen MR) is 68.3 cm³/mol. The van der Waals surface area contributed by atoms with Crippen molar-refractivity contribution in [1.29, 1.82) is 0 Å². The Bertz CT molecular complexity index is 308. The lowest BCUT2D eigenvalue weighted by Gasteiger charge is -2.21. The average molecular weight is 219 g/mol. The average Bonchev–Trinajstić information content (AvgIpc) is 2.30. The molecule has 0 saturated heterocycles. The van der Waals surface area contributed by atoms with Gasteiger partial charge in [-0.15, -0.1) is 0 Å². The van der Waals surface area contributed by atoms with Crippen LogP contribution in [-0.2, 0) is 6.54 Å². The highest BCUT2D eigenvalue weighted by Crippen LogP contribution is 2.04. The van der Waals surface area contributed by atoms with Crippen molar-refractivity contribution in [1.82, 2.24) is 15.2 Å². The number of rotatable bonds is 7. The second-order valence-corrected chi connectivity index (χ2v) is 3.94. The molecule has 88 valence electrons. The second kappa shape index (κ2) is 7.14. The summed E-state index contributed by atoms with van der Waals surface area (Å²) < 4.78 is 0. The van der Waals surface area contributed by atoms with Crippen molar-refractivity contribution in [2.24, 2.45) is 0 Å². The number of hydrogen-bond donors (Lipinski definition) is 1. The van der Waals surface area contributed by atoms with E-state index >= 15 is 0 Å². The molecule has 1 N–H and O–H groups in total. The first-order valence-corrected chi connectivity index (χ1v) is 5.68. The molecule has 1 aromatic rings. The van der Waals surface area contributed by atoms with Crippen molar-refractivity contribution in [3.8, 4) is 0 Å². The smallest absolute Gasteiger partial charge is 0.0271 e. The van der Waals surface area contributed by atoms with Crippen LogP contribution in [0.3, 0.4) is 0 Å². The van der Waals surface area contributed by atoms with E-state index in [9.17, 15) is 0 Å². The zero-order valence-electron chi connectivity index (χ0n) is 10.2. The molecule has 0 aliphatic rings. The van der Waals surface area contributed by atoms with E-state index in [1.165, 1.54) is 11.1 Å². The molecule has 0 aliphatic carbocycles. The van der Waals surface area contributed by atoms with Crippen molar-refractivity contribution in [2.45, 2.75) is 13.5 Å². The highest BCUT2D eigenvalue weighted by atomic mass is 15.1. The van der Waals surface area contributed by atoms with Crippen LogP contribution in [0.2, 0.25) is 0 Å². The van der Waals surface area contributed by atoms with Gasteiger partial charge in [0.1, 0.15) is 0 Å². The molecule has 0 aliphatic heterocycles. The number of pyridine rings is 1. The van der Waals surface area contributed by atoms with Crippen LogP contribution in [0.4, 0.5) is 0 Å². The lowest BCUT2D eigenvalue weighted by atomic mass is 10.2. The van der Waals surface area contributed by atoms with Gasteiger partial charge in [0.25, 0.3) is 0 Å². The van der Waals surface area contributed by atoms with E-state index in [-0.39, 0.29) is 0 Å². The minimum Gasteiger partial charge on any atom is -0.316 e. The number of likely N-dealkylation sites (N-methyl/N-ethyl adjacent to an activating group) is 2. The van der Waals surface area contributed by atoms with Gasteiger partial charge in [-0.05, 0) is 36.9 Å². The van der Waals surface area contributed by atoms with Gasteiger partial charge < -0.3 is 5.32 Å². The molecule has 1 rings (SSSR count). The van der Waals surface area contributed by atoms with Gasteiger partial charge >= 0.3 is 0 Å². The van der Waals surface area contributed by atoms with Gasteiger partial charge in [-0.1, -0.05) is 13.5 Å². The fourth-order valence-corrected chi connectivity index (χ4v) is 1.65. The maximum absolute atomic E-state index is 4.06. The Hall–Kier alpha value is -1.19. The lowest BCUT2D eigenvalue weighted by molar-refractivity contribution is 0.302. The molecule has 0 unspecified atom stereocenters. The van der Waals surface area contributed by atoms with E-state index in [0.29, 0.717) is 0 Å². The fraction of sp³-hybridized carbons (Fsp3) is 0.462. The van der Waals surface area contributed by atoms with E-state index in [1.807, 2.05) is 19.4 Å². The molecule has 0 spiro atoms. The Morgan fingerprint density at radius 3 is 2.69 bits per heavy atom. The Labute approximate surface area is 98.2 Å². The molecule has 0 atom stereocenters. The lowest BCUT2D eigenvalue weighted by Crippen LogP contribution is -2.27. The summed E-state index contributed by atoms with van der Waals surface area (Å²) in [5.74, 6) is 0. The van der Waals surface area contributed by atoms with Crippen molar-refractivity contribution in [2.75, 3.05) is 26.7 Å². The van der Waals surface area contributed by atoms with Crippen LogP contribution in [0, 0.1) is 0 Å². The Kier molecular flexibility index (Phi) is 5.75. The Morgan fingerprint density at radius 2 is 2.12 bits per heavy atom. The highest BCUT2D eigenvalue weighted by molar-refractivity contribution is 5.10. The molecule has 3 nitrogen and oxygen atoms in total. The van der Waals surface area contributed by atoms with Crippen LogP contribution in [0.25, 0.3) is 0 Å². The first-order valence-electron chi connectivity index (χ1n) is 5.68. The van der Waals surface area contributed by atoms with E-state index in [4.69, 9.17) is 0 Å². The third-order valence-electron chi connectivity index (χ3n) is 2.48. The zero-order chi connectivity index (χ0) is 11.8. The molecule has 3 heteroatoms. The van der Waals surface area contributed by atoms with Crippen molar-refractivity contribution in [3.05, 3.63) is 42.2 Å². The molecule has 0 saturated carbocycles. The summed E-state index contributed by atoms with van der Waals surface area (Å²) in [5, 5.41) is 3.12. The second-order valence-electron chi connectivity index (χ2n) is 3.94. The monoisotopic (exact) mass is 219 g/mol. The molecule has 1 heterocycles. The maximum atomic E-state index is 4.06. The van der Waals surface area contributed by atoms with Gasteiger partial charge in [0.15, 0.2) is 0 Å². The normalized spacial score (nSPS) is 10.7. The maximum Gasteiger partial charge on any atom is 0.0271 e. The SMILES string of the molecule is C=C(CNC)CN(CC)Cc1ccncc1. The minimum absolute atomic E-state index is 0.882. The highest BCUT2D eigenvalue weighted by Gasteiger charge is 2.04. The summed E-state index contributed by atoms with van der Waals surface area (Å²) in [5.41, 5.74) is 2.52. The number of aromatic nitrogens is 1. The van der Waals surface area contributed by atoms with Gasteiger partial charge in [0, 0.05) is 32.0 Å². The van der Waals surface area contributed by atoms with Crippen LogP contribution < -0.4 is 5.32 Å². The summed E-state index contributed by atoms with van der Waals surface area (Å²) in [6.07, 6.45) is 3.68. The first-order chi connectivity index (χ1) is 7.76. The van der Waals surface area contributed by atoms with Crippen molar-refractivity contribution < 1.29 is 0 Å². The Balaban J connectivity index is 2.46. The van der Waals surface area contributed by atoms with E-state index in [0.717, 1.165) is 26.2 Å². The molecule has 0 bridgehead atoms. The van der Waals surface area contributed by atoms with Crippen LogP contribution in [0.1, 0.15) is 12.5 Å². The molecular weight excluding hydrogens is 198 g/mol. The van der Waals surface area contributed by atoms with Crippen molar-refractivity contribution >= 4 is 0 Å². The van der Waals surface area contributed by atoms with Gasteiger partial charge in [-0.25, -0.2) is 0 Å². The standard InChI is InChI=1S/C13H21N3/c1-4-16(10-12(2)9-14-3)11-13-5-7-15-8-6-13/h5-8,14H,2,4,9-11H2,1,3H3. The summed E-state index contributed by atoms with van der Waals surface area (Å²) >= 11 is 0. The molecule has 0 aromatic carbocycles. The summed E-state index contributed by atoms with van der Waals surface area (Å²) in [4.78, 5) is 6.39. The predicted octanol–water partition coefficient (Wildman–Crippen LogP) is 1.68. The van der Waals surface area contributed by atoms with Gasteiger partial charge in [0.05, 0.1) is 0 Å². The number of nitrogens with one attached hydrogen (secondary N) is 1. The van der Waals surface area contributed by atoms with Crippen LogP contribution >= 0.6 is 0 Å². The fourth-order valence-electron chi connectivity index (χ4n) is 1.65. The first kappa shape index (κ1) is 12.9. The van der Waals surface area contributed by atoms with Gasteiger partial charge in [-0.2, -0.15) is 0 Å². The summed E-state index contributed by atoms with van der Waals surface area (Å²) in [6, 6.07) is 4.12. The number of hydrogen-bond acceptors (Lipinski definition) is 3. The molecule has 16 heavy (non-hydrogen) atoms. The third kappa shape index (κ3) is 4.55. The molecular formula is C13H21N3. The summed E-state index contributed by atoms with van der Waals surface area (Å²) in [6.45, 7) is 10.1. The van der Waals surface area contributed by atoms with Crippen LogP contribution in [0.15, 0.2) is 36.7 Å². The molecule has 0 radical (unpaired) electrons. The van der Waals surface area contributed by atoms with E-state index < -0.39 is 0 Å². The van der Waals surface area contributed by atoms with Gasteiger partial charge in [0.2, 0.25) is 0 Å². The largest absolute Gasteiger partial charge is 0.316 e. The van der Waals surface area contributed by atoms with E-state index in [2.05, 4.69) is 40.8 Å². The minimum atomic E-state index is 0.882. The van der Waals surface area contributed by atoms with E-state index in [1.54, 1.807) is 0 Å². The third-order valence-corrected chi connectivity index (χ3v) is 2.48. The molecule has 0 amide bonds. The molecule has 1 aromatic heterocycles. The van der Waals surface area contributed by atoms with Crippen molar-refractivity contribution in [3.63, 3.8) is 0 Å². The summed E-state index contributed by atoms with van der Waals surface area (Å²) in [7, 11) is 1.95. The quantitative estimate of drug-likeness (QED) is 0.707.